The summed E-state index contributed by atoms with van der Waals surface area (Å²) in [6, 6.07) is 5.75. The van der Waals surface area contributed by atoms with Crippen molar-refractivity contribution in [2.45, 2.75) is 44.8 Å². The van der Waals surface area contributed by atoms with E-state index in [-0.39, 0.29) is 24.4 Å². The van der Waals surface area contributed by atoms with Gasteiger partial charge in [-0.3, -0.25) is 4.79 Å². The van der Waals surface area contributed by atoms with Crippen LogP contribution in [0.4, 0.5) is 5.69 Å². The predicted molar refractivity (Wildman–Crippen MR) is 103 cm³/mol. The second-order valence-electron chi connectivity index (χ2n) is 6.90. The SMILES string of the molecule is Cc1ccc(NC(=O)[C@@H]2CC[C@H](CN)O2)cc1OCC1CCOCC1.Cl. The largest absolute Gasteiger partial charge is 0.493 e. The number of ether oxygens (including phenoxy) is 3. The van der Waals surface area contributed by atoms with Crippen LogP contribution in [0, 0.1) is 12.8 Å². The molecule has 2 atom stereocenters. The Hall–Kier alpha value is -1.34. The lowest BCUT2D eigenvalue weighted by Crippen LogP contribution is -2.29. The molecule has 1 amide bonds. The number of rotatable bonds is 6. The third-order valence-electron chi connectivity index (χ3n) is 4.93. The summed E-state index contributed by atoms with van der Waals surface area (Å²) < 4.78 is 17.0. The number of anilines is 1. The maximum atomic E-state index is 12.3. The van der Waals surface area contributed by atoms with Crippen LogP contribution >= 0.6 is 12.4 Å². The molecule has 2 saturated heterocycles. The van der Waals surface area contributed by atoms with Gasteiger partial charge in [0.1, 0.15) is 11.9 Å². The molecular formula is C19H29ClN2O4. The predicted octanol–water partition coefficient (Wildman–Crippen LogP) is 2.67. The third kappa shape index (κ3) is 5.58. The Morgan fingerprint density at radius 2 is 2.04 bits per heavy atom. The van der Waals surface area contributed by atoms with Crippen molar-refractivity contribution < 1.29 is 19.0 Å². The standard InChI is InChI=1S/C19H28N2O4.ClH/c1-13-2-3-15(21-19(22)17-5-4-16(11-20)25-17)10-18(13)24-12-14-6-8-23-9-7-14;/h2-3,10,14,16-17H,4-9,11-12,20H2,1H3,(H,21,22);1H/t16-,17+;/m1./s1. The zero-order chi connectivity index (χ0) is 17.6. The van der Waals surface area contributed by atoms with Gasteiger partial charge in [-0.05, 0) is 50.2 Å². The molecule has 0 aromatic heterocycles. The molecule has 6 nitrogen and oxygen atoms in total. The van der Waals surface area contributed by atoms with Crippen LogP contribution < -0.4 is 15.8 Å². The Morgan fingerprint density at radius 1 is 1.27 bits per heavy atom. The number of carbonyl (C=O) groups is 1. The Labute approximate surface area is 161 Å². The molecule has 2 aliphatic heterocycles. The minimum atomic E-state index is -0.415. The van der Waals surface area contributed by atoms with E-state index in [1.165, 1.54) is 0 Å². The van der Waals surface area contributed by atoms with E-state index < -0.39 is 6.10 Å². The van der Waals surface area contributed by atoms with E-state index in [1.54, 1.807) is 0 Å². The van der Waals surface area contributed by atoms with Crippen molar-refractivity contribution in [3.05, 3.63) is 23.8 Å². The highest BCUT2D eigenvalue weighted by atomic mass is 35.5. The first-order valence-electron chi connectivity index (χ1n) is 9.13. The van der Waals surface area contributed by atoms with E-state index >= 15 is 0 Å². The van der Waals surface area contributed by atoms with Gasteiger partial charge in [0, 0.05) is 31.5 Å². The number of nitrogens with one attached hydrogen (secondary N) is 1. The second-order valence-corrected chi connectivity index (χ2v) is 6.90. The van der Waals surface area contributed by atoms with Crippen molar-refractivity contribution in [1.29, 1.82) is 0 Å². The maximum Gasteiger partial charge on any atom is 0.253 e. The Balaban J connectivity index is 0.00000243. The quantitative estimate of drug-likeness (QED) is 0.787. The van der Waals surface area contributed by atoms with E-state index in [4.69, 9.17) is 19.9 Å². The summed E-state index contributed by atoms with van der Waals surface area (Å²) in [5.41, 5.74) is 7.39. The van der Waals surface area contributed by atoms with E-state index in [0.717, 1.165) is 49.5 Å². The van der Waals surface area contributed by atoms with E-state index in [9.17, 15) is 4.79 Å². The van der Waals surface area contributed by atoms with Crippen LogP contribution in [0.1, 0.15) is 31.2 Å². The first-order chi connectivity index (χ1) is 12.2. The number of benzene rings is 1. The zero-order valence-electron chi connectivity index (χ0n) is 15.2. The smallest absolute Gasteiger partial charge is 0.253 e. The van der Waals surface area contributed by atoms with Gasteiger partial charge < -0.3 is 25.3 Å². The summed E-state index contributed by atoms with van der Waals surface area (Å²) >= 11 is 0. The van der Waals surface area contributed by atoms with Gasteiger partial charge in [-0.15, -0.1) is 12.4 Å². The van der Waals surface area contributed by atoms with Gasteiger partial charge in [0.2, 0.25) is 0 Å². The lowest BCUT2D eigenvalue weighted by atomic mass is 10.0. The molecule has 3 rings (SSSR count). The molecule has 7 heteroatoms. The van der Waals surface area contributed by atoms with Gasteiger partial charge in [-0.25, -0.2) is 0 Å². The third-order valence-corrected chi connectivity index (χ3v) is 4.93. The fraction of sp³-hybridized carbons (Fsp3) is 0.632. The Morgan fingerprint density at radius 3 is 2.73 bits per heavy atom. The van der Waals surface area contributed by atoms with E-state index in [2.05, 4.69) is 5.32 Å². The van der Waals surface area contributed by atoms with Gasteiger partial charge >= 0.3 is 0 Å². The summed E-state index contributed by atoms with van der Waals surface area (Å²) in [4.78, 5) is 12.3. The van der Waals surface area contributed by atoms with Crippen molar-refractivity contribution in [3.8, 4) is 5.75 Å². The summed E-state index contributed by atoms with van der Waals surface area (Å²) in [6.45, 7) is 4.78. The van der Waals surface area contributed by atoms with Gasteiger partial charge in [-0.2, -0.15) is 0 Å². The summed E-state index contributed by atoms with van der Waals surface area (Å²) in [7, 11) is 0. The fourth-order valence-electron chi connectivity index (χ4n) is 3.25. The lowest BCUT2D eigenvalue weighted by Gasteiger charge is -2.22. The highest BCUT2D eigenvalue weighted by Crippen LogP contribution is 2.26. The molecule has 0 radical (unpaired) electrons. The average molecular weight is 385 g/mol. The van der Waals surface area contributed by atoms with Crippen LogP contribution in [0.3, 0.4) is 0 Å². The van der Waals surface area contributed by atoms with Crippen molar-refractivity contribution in [2.75, 3.05) is 31.7 Å². The monoisotopic (exact) mass is 384 g/mol. The first kappa shape index (κ1) is 21.0. The highest BCUT2D eigenvalue weighted by molar-refractivity contribution is 5.94. The molecule has 26 heavy (non-hydrogen) atoms. The number of nitrogens with two attached hydrogens (primary N) is 1. The van der Waals surface area contributed by atoms with Gasteiger partial charge in [0.25, 0.3) is 5.91 Å². The van der Waals surface area contributed by atoms with Crippen molar-refractivity contribution in [1.82, 2.24) is 0 Å². The zero-order valence-corrected chi connectivity index (χ0v) is 16.1. The molecule has 2 heterocycles. The Kier molecular flexibility index (Phi) is 8.15. The van der Waals surface area contributed by atoms with Crippen LogP contribution in [0.25, 0.3) is 0 Å². The first-order valence-corrected chi connectivity index (χ1v) is 9.13. The lowest BCUT2D eigenvalue weighted by molar-refractivity contribution is -0.126. The van der Waals surface area contributed by atoms with Crippen molar-refractivity contribution in [2.24, 2.45) is 11.7 Å². The number of hydrogen-bond acceptors (Lipinski definition) is 5. The number of hydrogen-bond donors (Lipinski definition) is 2. The number of amides is 1. The van der Waals surface area contributed by atoms with Crippen LogP contribution in [0.2, 0.25) is 0 Å². The molecule has 3 N–H and O–H groups in total. The van der Waals surface area contributed by atoms with Gasteiger partial charge in [0.15, 0.2) is 0 Å². The molecule has 2 fully saturated rings. The van der Waals surface area contributed by atoms with Crippen LogP contribution in [0.5, 0.6) is 5.75 Å². The fourth-order valence-corrected chi connectivity index (χ4v) is 3.25. The van der Waals surface area contributed by atoms with Crippen molar-refractivity contribution >= 4 is 24.0 Å². The van der Waals surface area contributed by atoms with Crippen LogP contribution in [-0.4, -0.2) is 44.5 Å². The summed E-state index contributed by atoms with van der Waals surface area (Å²) in [5, 5.41) is 2.93. The van der Waals surface area contributed by atoms with Crippen LogP contribution in [0.15, 0.2) is 18.2 Å². The molecule has 0 unspecified atom stereocenters. The molecule has 0 spiro atoms. The van der Waals surface area contributed by atoms with Crippen LogP contribution in [-0.2, 0) is 14.3 Å². The number of carbonyl (C=O) groups excluding carboxylic acids is 1. The highest BCUT2D eigenvalue weighted by Gasteiger charge is 2.29. The van der Waals surface area contributed by atoms with E-state index in [0.29, 0.717) is 25.5 Å². The Bertz CT molecular complexity index is 593. The number of aryl methyl sites for hydroxylation is 1. The maximum absolute atomic E-state index is 12.3. The van der Waals surface area contributed by atoms with Gasteiger partial charge in [0.05, 0.1) is 12.7 Å². The normalized spacial score (nSPS) is 23.3. The van der Waals surface area contributed by atoms with Crippen molar-refractivity contribution in [3.63, 3.8) is 0 Å². The molecule has 0 saturated carbocycles. The molecule has 0 bridgehead atoms. The molecule has 1 aromatic carbocycles. The van der Waals surface area contributed by atoms with E-state index in [1.807, 2.05) is 25.1 Å². The molecule has 146 valence electrons. The summed E-state index contributed by atoms with van der Waals surface area (Å²) in [6.07, 6.45) is 3.20. The molecule has 0 aliphatic carbocycles. The second kappa shape index (κ2) is 10.1. The average Bonchev–Trinajstić information content (AvgIpc) is 3.12. The molecular weight excluding hydrogens is 356 g/mol. The van der Waals surface area contributed by atoms with Gasteiger partial charge in [-0.1, -0.05) is 6.07 Å². The topological polar surface area (TPSA) is 82.8 Å². The minimum absolute atomic E-state index is 0. The molecule has 2 aliphatic rings. The molecule has 1 aromatic rings. The summed E-state index contributed by atoms with van der Waals surface area (Å²) in [5.74, 6) is 1.23. The number of halogens is 1. The minimum Gasteiger partial charge on any atom is -0.493 e.